The summed E-state index contributed by atoms with van der Waals surface area (Å²) in [4.78, 5) is 33.9. The van der Waals surface area contributed by atoms with Crippen LogP contribution in [0.15, 0.2) is 89.7 Å². The second kappa shape index (κ2) is 14.9. The Morgan fingerprint density at radius 3 is 2.25 bits per heavy atom. The van der Waals surface area contributed by atoms with Crippen LogP contribution in [0.3, 0.4) is 0 Å². The standard InChI is InChI=1S/C37H47N5O2/c43-36(33(31-13-5-2-6-14-31)27-29-11-3-1-4-12-29)41-25-17-30(18-26-41)28-38-21-9-10-22-40-23-19-32(20-24-40)42-35-16-8-7-15-34(35)39-37(42)44/h1-8,11-16,30,32-33,38H,9-10,17-28H2,(H,39,44). The Morgan fingerprint density at radius 1 is 0.818 bits per heavy atom. The molecule has 3 heterocycles. The highest BCUT2D eigenvalue weighted by atomic mass is 16.2. The van der Waals surface area contributed by atoms with Crippen LogP contribution in [-0.4, -0.2) is 71.1 Å². The highest BCUT2D eigenvalue weighted by Gasteiger charge is 2.29. The third-order valence-electron chi connectivity index (χ3n) is 9.77. The third kappa shape index (κ3) is 7.51. The van der Waals surface area contributed by atoms with Gasteiger partial charge in [-0.15, -0.1) is 0 Å². The Kier molecular flexibility index (Phi) is 10.3. The van der Waals surface area contributed by atoms with Gasteiger partial charge >= 0.3 is 5.69 Å². The maximum Gasteiger partial charge on any atom is 0.326 e. The van der Waals surface area contributed by atoms with Crippen molar-refractivity contribution in [1.82, 2.24) is 24.7 Å². The number of hydrogen-bond acceptors (Lipinski definition) is 4. The number of nitrogens with zero attached hydrogens (tertiary/aromatic N) is 3. The lowest BCUT2D eigenvalue weighted by atomic mass is 9.89. The van der Waals surface area contributed by atoms with E-state index in [1.807, 2.05) is 53.1 Å². The minimum atomic E-state index is -0.129. The number of aromatic amines is 1. The number of H-pyrrole nitrogens is 1. The lowest BCUT2D eigenvalue weighted by molar-refractivity contribution is -0.134. The summed E-state index contributed by atoms with van der Waals surface area (Å²) in [5, 5.41) is 3.70. The van der Waals surface area contributed by atoms with Gasteiger partial charge in [0, 0.05) is 32.2 Å². The molecule has 1 unspecified atom stereocenters. The number of unbranched alkanes of at least 4 members (excludes halogenated alkanes) is 1. The molecule has 44 heavy (non-hydrogen) atoms. The van der Waals surface area contributed by atoms with E-state index in [2.05, 4.69) is 56.5 Å². The number of benzene rings is 3. The Morgan fingerprint density at radius 2 is 1.50 bits per heavy atom. The molecule has 7 heteroatoms. The summed E-state index contributed by atoms with van der Waals surface area (Å²) in [5.41, 5.74) is 4.30. The molecule has 4 aromatic rings. The third-order valence-corrected chi connectivity index (χ3v) is 9.77. The van der Waals surface area contributed by atoms with E-state index < -0.39 is 0 Å². The van der Waals surface area contributed by atoms with Crippen molar-refractivity contribution in [1.29, 1.82) is 0 Å². The second-order valence-corrected chi connectivity index (χ2v) is 12.7. The first-order valence-electron chi connectivity index (χ1n) is 16.7. The molecule has 3 aromatic carbocycles. The number of para-hydroxylation sites is 2. The Bertz CT molecular complexity index is 1520. The van der Waals surface area contributed by atoms with E-state index in [-0.39, 0.29) is 23.6 Å². The normalized spacial score (nSPS) is 17.7. The van der Waals surface area contributed by atoms with Crippen LogP contribution in [0.2, 0.25) is 0 Å². The first kappa shape index (κ1) is 30.4. The van der Waals surface area contributed by atoms with Crippen LogP contribution in [0.5, 0.6) is 0 Å². The number of carbonyl (C=O) groups is 1. The average Bonchev–Trinajstić information content (AvgIpc) is 3.42. The van der Waals surface area contributed by atoms with Crippen LogP contribution >= 0.6 is 0 Å². The van der Waals surface area contributed by atoms with Gasteiger partial charge in [0.2, 0.25) is 5.91 Å². The van der Waals surface area contributed by atoms with Crippen LogP contribution in [0.4, 0.5) is 0 Å². The van der Waals surface area contributed by atoms with Gasteiger partial charge in [-0.1, -0.05) is 72.8 Å². The van der Waals surface area contributed by atoms with Crippen molar-refractivity contribution in [3.63, 3.8) is 0 Å². The van der Waals surface area contributed by atoms with Crippen molar-refractivity contribution in [3.05, 3.63) is 107 Å². The van der Waals surface area contributed by atoms with Crippen LogP contribution < -0.4 is 11.0 Å². The molecule has 1 amide bonds. The fourth-order valence-electron chi connectivity index (χ4n) is 7.19. The zero-order chi connectivity index (χ0) is 30.1. The fourth-order valence-corrected chi connectivity index (χ4v) is 7.19. The zero-order valence-corrected chi connectivity index (χ0v) is 25.9. The van der Waals surface area contributed by atoms with Crippen molar-refractivity contribution < 1.29 is 4.79 Å². The average molecular weight is 594 g/mol. The number of carbonyl (C=O) groups excluding carboxylic acids is 1. The van der Waals surface area contributed by atoms with Gasteiger partial charge in [0.05, 0.1) is 17.0 Å². The highest BCUT2D eigenvalue weighted by molar-refractivity contribution is 5.84. The van der Waals surface area contributed by atoms with Crippen molar-refractivity contribution in [3.8, 4) is 0 Å². The molecular weight excluding hydrogens is 546 g/mol. The number of piperidine rings is 2. The molecule has 0 spiro atoms. The number of hydrogen-bond donors (Lipinski definition) is 2. The van der Waals surface area contributed by atoms with Crippen LogP contribution in [0, 0.1) is 5.92 Å². The second-order valence-electron chi connectivity index (χ2n) is 12.7. The molecule has 0 radical (unpaired) electrons. The number of aromatic nitrogens is 2. The van der Waals surface area contributed by atoms with E-state index in [0.717, 1.165) is 94.5 Å². The van der Waals surface area contributed by atoms with Gasteiger partial charge in [-0.2, -0.15) is 0 Å². The van der Waals surface area contributed by atoms with Crippen molar-refractivity contribution >= 4 is 16.9 Å². The van der Waals surface area contributed by atoms with E-state index in [9.17, 15) is 9.59 Å². The van der Waals surface area contributed by atoms with E-state index in [1.165, 1.54) is 18.4 Å². The SMILES string of the molecule is O=C(C(Cc1ccccc1)c1ccccc1)N1CCC(CNCCCCN2CCC(n3c(=O)[nH]c4ccccc43)CC2)CC1. The van der Waals surface area contributed by atoms with E-state index >= 15 is 0 Å². The minimum Gasteiger partial charge on any atom is -0.342 e. The molecule has 2 aliphatic heterocycles. The number of nitrogens with one attached hydrogen (secondary N) is 2. The summed E-state index contributed by atoms with van der Waals surface area (Å²) in [5.74, 6) is 0.773. The molecule has 0 saturated carbocycles. The molecule has 7 nitrogen and oxygen atoms in total. The summed E-state index contributed by atoms with van der Waals surface area (Å²) in [6.07, 6.45) is 7.31. The molecule has 2 fully saturated rings. The van der Waals surface area contributed by atoms with Crippen LogP contribution in [0.1, 0.15) is 61.6 Å². The Labute approximate surface area is 261 Å². The molecule has 6 rings (SSSR count). The molecule has 2 N–H and O–H groups in total. The number of fused-ring (bicyclic) bond motifs is 1. The first-order valence-corrected chi connectivity index (χ1v) is 16.7. The smallest absolute Gasteiger partial charge is 0.326 e. The summed E-state index contributed by atoms with van der Waals surface area (Å²) in [6, 6.07) is 29.0. The molecule has 0 bridgehead atoms. The largest absolute Gasteiger partial charge is 0.342 e. The summed E-state index contributed by atoms with van der Waals surface area (Å²) < 4.78 is 1.98. The number of amides is 1. The fraction of sp³-hybridized carbons (Fsp3) is 0.459. The monoisotopic (exact) mass is 593 g/mol. The lowest BCUT2D eigenvalue weighted by Crippen LogP contribution is -2.43. The van der Waals surface area contributed by atoms with Gasteiger partial charge in [0.15, 0.2) is 0 Å². The van der Waals surface area contributed by atoms with Crippen molar-refractivity contribution in [2.75, 3.05) is 45.8 Å². The van der Waals surface area contributed by atoms with Crippen molar-refractivity contribution in [2.45, 2.75) is 56.9 Å². The Hall–Kier alpha value is -3.68. The van der Waals surface area contributed by atoms with Gasteiger partial charge in [-0.3, -0.25) is 9.36 Å². The topological polar surface area (TPSA) is 73.4 Å². The molecular formula is C37H47N5O2. The van der Waals surface area contributed by atoms with E-state index in [0.29, 0.717) is 5.92 Å². The van der Waals surface area contributed by atoms with E-state index in [4.69, 9.17) is 0 Å². The predicted molar refractivity (Wildman–Crippen MR) is 178 cm³/mol. The van der Waals surface area contributed by atoms with Gasteiger partial charge < -0.3 is 20.1 Å². The van der Waals surface area contributed by atoms with Crippen LogP contribution in [0.25, 0.3) is 11.0 Å². The molecule has 2 saturated heterocycles. The zero-order valence-electron chi connectivity index (χ0n) is 25.9. The Balaban J connectivity index is 0.873. The molecule has 2 aliphatic rings. The highest BCUT2D eigenvalue weighted by Crippen LogP contribution is 2.27. The lowest BCUT2D eigenvalue weighted by Gasteiger charge is -2.34. The summed E-state index contributed by atoms with van der Waals surface area (Å²) >= 11 is 0. The number of rotatable bonds is 12. The van der Waals surface area contributed by atoms with Gasteiger partial charge in [0.25, 0.3) is 0 Å². The number of likely N-dealkylation sites (tertiary alicyclic amines) is 2. The predicted octanol–water partition coefficient (Wildman–Crippen LogP) is 5.60. The maximum atomic E-state index is 13.7. The van der Waals surface area contributed by atoms with Gasteiger partial charge in [-0.25, -0.2) is 4.79 Å². The molecule has 232 valence electrons. The molecule has 1 atom stereocenters. The first-order chi connectivity index (χ1) is 21.7. The maximum absolute atomic E-state index is 13.7. The summed E-state index contributed by atoms with van der Waals surface area (Å²) in [6.45, 7) is 7.03. The van der Waals surface area contributed by atoms with Crippen LogP contribution in [-0.2, 0) is 11.2 Å². The van der Waals surface area contributed by atoms with Crippen molar-refractivity contribution in [2.24, 2.45) is 5.92 Å². The quantitative estimate of drug-likeness (QED) is 0.210. The molecule has 0 aliphatic carbocycles. The van der Waals surface area contributed by atoms with E-state index in [1.54, 1.807) is 0 Å². The molecule has 1 aromatic heterocycles. The van der Waals surface area contributed by atoms with Gasteiger partial charge in [0.1, 0.15) is 0 Å². The summed E-state index contributed by atoms with van der Waals surface area (Å²) in [7, 11) is 0. The minimum absolute atomic E-state index is 0.0208. The van der Waals surface area contributed by atoms with Gasteiger partial charge in [-0.05, 0) is 93.8 Å². The number of imidazole rings is 1.